The Morgan fingerprint density at radius 3 is 2.37 bits per heavy atom. The summed E-state index contributed by atoms with van der Waals surface area (Å²) in [5.41, 5.74) is 0.341. The van der Waals surface area contributed by atoms with Gasteiger partial charge in [-0.15, -0.1) is 0 Å². The highest BCUT2D eigenvalue weighted by Gasteiger charge is 2.20. The number of benzene rings is 1. The maximum Gasteiger partial charge on any atom is 0.185 e. The number of carbonyl (C=O) groups is 1. The fourth-order valence-electron chi connectivity index (χ4n) is 1.65. The highest BCUT2D eigenvalue weighted by Crippen LogP contribution is 2.14. The maximum absolute atomic E-state index is 12.7. The largest absolute Gasteiger partial charge is 0.357 e. The Balaban J connectivity index is 2.22. The van der Waals surface area contributed by atoms with Gasteiger partial charge in [0.2, 0.25) is 0 Å². The fraction of sp³-hybridized carbons (Fsp3) is 0.154. The summed E-state index contributed by atoms with van der Waals surface area (Å²) in [5.74, 6) is -1.62. The first kappa shape index (κ1) is 13.5. The van der Waals surface area contributed by atoms with E-state index in [2.05, 4.69) is 0 Å². The topological polar surface area (TPSA) is 56.1 Å². The van der Waals surface area contributed by atoms with Crippen molar-refractivity contribution in [3.8, 4) is 0 Å². The monoisotopic (exact) mass is 281 g/mol. The molecule has 0 saturated carbocycles. The fourth-order valence-corrected chi connectivity index (χ4v) is 2.88. The molecular weight excluding hydrogens is 269 g/mol. The van der Waals surface area contributed by atoms with Crippen LogP contribution in [0.15, 0.2) is 47.6 Å². The van der Waals surface area contributed by atoms with Crippen LogP contribution in [0.5, 0.6) is 0 Å². The van der Waals surface area contributed by atoms with Gasteiger partial charge in [-0.25, -0.2) is 12.8 Å². The summed E-state index contributed by atoms with van der Waals surface area (Å²) in [6, 6.07) is 5.98. The molecule has 0 aliphatic carbocycles. The first-order chi connectivity index (χ1) is 8.88. The number of hydrogen-bond donors (Lipinski definition) is 0. The summed E-state index contributed by atoms with van der Waals surface area (Å²) in [6.07, 6.45) is 3.22. The predicted molar refractivity (Wildman–Crippen MR) is 68.2 cm³/mol. The van der Waals surface area contributed by atoms with Crippen LogP contribution >= 0.6 is 0 Å². The van der Waals surface area contributed by atoms with Crippen molar-refractivity contribution in [2.24, 2.45) is 7.05 Å². The average Bonchev–Trinajstić information content (AvgIpc) is 2.76. The third kappa shape index (κ3) is 3.08. The molecule has 0 fully saturated rings. The van der Waals surface area contributed by atoms with E-state index in [9.17, 15) is 17.6 Å². The van der Waals surface area contributed by atoms with Crippen LogP contribution in [0.25, 0.3) is 0 Å². The zero-order valence-corrected chi connectivity index (χ0v) is 11.0. The summed E-state index contributed by atoms with van der Waals surface area (Å²) in [7, 11) is -2.00. The normalized spacial score (nSPS) is 11.5. The lowest BCUT2D eigenvalue weighted by atomic mass is 10.2. The number of carbonyl (C=O) groups excluding carboxylic acids is 1. The third-order valence-electron chi connectivity index (χ3n) is 2.65. The minimum Gasteiger partial charge on any atom is -0.357 e. The zero-order chi connectivity index (χ0) is 14.0. The minimum atomic E-state index is -3.74. The highest BCUT2D eigenvalue weighted by atomic mass is 32.2. The number of nitrogens with zero attached hydrogens (tertiary/aromatic N) is 1. The first-order valence-electron chi connectivity index (χ1n) is 5.52. The molecule has 0 saturated heterocycles. The smallest absolute Gasteiger partial charge is 0.185 e. The number of hydrogen-bond acceptors (Lipinski definition) is 3. The first-order valence-corrected chi connectivity index (χ1v) is 7.17. The molecule has 100 valence electrons. The molecule has 0 bridgehead atoms. The summed E-state index contributed by atoms with van der Waals surface area (Å²) in [5, 5.41) is 0. The lowest BCUT2D eigenvalue weighted by Gasteiger charge is -2.03. The molecule has 0 atom stereocenters. The molecule has 2 rings (SSSR count). The summed E-state index contributed by atoms with van der Waals surface area (Å²) < 4.78 is 38.4. The van der Waals surface area contributed by atoms with Crippen LogP contribution in [-0.2, 0) is 16.9 Å². The Labute approximate surface area is 110 Å². The van der Waals surface area contributed by atoms with Crippen molar-refractivity contribution in [1.29, 1.82) is 0 Å². The van der Waals surface area contributed by atoms with E-state index >= 15 is 0 Å². The summed E-state index contributed by atoms with van der Waals surface area (Å²) in [4.78, 5) is 11.8. The molecule has 1 aromatic heterocycles. The number of halogens is 1. The minimum absolute atomic E-state index is 0.0572. The molecule has 0 aliphatic heterocycles. The van der Waals surface area contributed by atoms with Crippen LogP contribution in [0.4, 0.5) is 4.39 Å². The van der Waals surface area contributed by atoms with Gasteiger partial charge in [0, 0.05) is 25.0 Å². The van der Waals surface area contributed by atoms with Crippen LogP contribution in [-0.4, -0.2) is 24.5 Å². The van der Waals surface area contributed by atoms with E-state index in [1.165, 1.54) is 0 Å². The van der Waals surface area contributed by atoms with E-state index in [4.69, 9.17) is 0 Å². The molecule has 0 N–H and O–H groups in total. The molecule has 0 spiro atoms. The van der Waals surface area contributed by atoms with Gasteiger partial charge in [0.15, 0.2) is 15.6 Å². The standard InChI is InChI=1S/C13H12FNO3S/c1-15-7-6-10(8-15)13(16)9-19(17,18)12-4-2-11(14)3-5-12/h2-8H,9H2,1H3. The molecule has 0 unspecified atom stereocenters. The van der Waals surface area contributed by atoms with Gasteiger partial charge in [0.1, 0.15) is 11.6 Å². The number of aromatic nitrogens is 1. The van der Waals surface area contributed by atoms with Crippen LogP contribution in [0, 0.1) is 5.82 Å². The van der Waals surface area contributed by atoms with E-state index < -0.39 is 27.2 Å². The molecule has 0 amide bonds. The van der Waals surface area contributed by atoms with Crippen molar-refractivity contribution >= 4 is 15.6 Å². The van der Waals surface area contributed by atoms with Crippen molar-refractivity contribution in [1.82, 2.24) is 4.57 Å². The van der Waals surface area contributed by atoms with E-state index in [0.717, 1.165) is 24.3 Å². The van der Waals surface area contributed by atoms with E-state index in [-0.39, 0.29) is 4.90 Å². The third-order valence-corrected chi connectivity index (χ3v) is 4.28. The van der Waals surface area contributed by atoms with E-state index in [1.807, 2.05) is 0 Å². The molecular formula is C13H12FNO3S. The van der Waals surface area contributed by atoms with Crippen molar-refractivity contribution in [2.75, 3.05) is 5.75 Å². The van der Waals surface area contributed by atoms with Gasteiger partial charge in [-0.3, -0.25) is 4.79 Å². The molecule has 1 aromatic carbocycles. The Bertz CT molecular complexity index is 702. The van der Waals surface area contributed by atoms with Gasteiger partial charge < -0.3 is 4.57 Å². The Hall–Kier alpha value is -1.95. The maximum atomic E-state index is 12.7. The molecule has 4 nitrogen and oxygen atoms in total. The van der Waals surface area contributed by atoms with Crippen LogP contribution in [0.1, 0.15) is 10.4 Å². The number of Topliss-reactive ketones (excluding diaryl/α,β-unsaturated/α-hetero) is 1. The lowest BCUT2D eigenvalue weighted by Crippen LogP contribution is -2.16. The van der Waals surface area contributed by atoms with Crippen molar-refractivity contribution in [3.63, 3.8) is 0 Å². The second-order valence-electron chi connectivity index (χ2n) is 4.20. The van der Waals surface area contributed by atoms with Gasteiger partial charge in [-0.05, 0) is 30.3 Å². The number of aryl methyl sites for hydroxylation is 1. The van der Waals surface area contributed by atoms with Crippen LogP contribution in [0.2, 0.25) is 0 Å². The lowest BCUT2D eigenvalue weighted by molar-refractivity contribution is 0.102. The highest BCUT2D eigenvalue weighted by molar-refractivity contribution is 7.92. The van der Waals surface area contributed by atoms with Crippen molar-refractivity contribution in [2.45, 2.75) is 4.90 Å². The van der Waals surface area contributed by atoms with Gasteiger partial charge in [-0.2, -0.15) is 0 Å². The molecule has 6 heteroatoms. The Kier molecular flexibility index (Phi) is 3.53. The quantitative estimate of drug-likeness (QED) is 0.634. The second-order valence-corrected chi connectivity index (χ2v) is 6.19. The molecule has 19 heavy (non-hydrogen) atoms. The molecule has 1 heterocycles. The number of ketones is 1. The van der Waals surface area contributed by atoms with E-state index in [0.29, 0.717) is 5.56 Å². The van der Waals surface area contributed by atoms with Crippen molar-refractivity contribution in [3.05, 3.63) is 54.1 Å². The van der Waals surface area contributed by atoms with Crippen molar-refractivity contribution < 1.29 is 17.6 Å². The van der Waals surface area contributed by atoms with Crippen LogP contribution in [0.3, 0.4) is 0 Å². The number of rotatable bonds is 4. The van der Waals surface area contributed by atoms with Crippen LogP contribution < -0.4 is 0 Å². The second kappa shape index (κ2) is 4.97. The Morgan fingerprint density at radius 2 is 1.84 bits per heavy atom. The SMILES string of the molecule is Cn1ccc(C(=O)CS(=O)(=O)c2ccc(F)cc2)c1. The van der Waals surface area contributed by atoms with Gasteiger partial charge in [-0.1, -0.05) is 0 Å². The zero-order valence-electron chi connectivity index (χ0n) is 10.2. The van der Waals surface area contributed by atoms with E-state index in [1.54, 1.807) is 30.1 Å². The number of sulfone groups is 1. The average molecular weight is 281 g/mol. The molecule has 2 aromatic rings. The van der Waals surface area contributed by atoms with Gasteiger partial charge >= 0.3 is 0 Å². The predicted octanol–water partition coefficient (Wildman–Crippen LogP) is 1.82. The van der Waals surface area contributed by atoms with Gasteiger partial charge in [0.25, 0.3) is 0 Å². The summed E-state index contributed by atoms with van der Waals surface area (Å²) >= 11 is 0. The molecule has 0 radical (unpaired) electrons. The van der Waals surface area contributed by atoms with Gasteiger partial charge in [0.05, 0.1) is 4.90 Å². The summed E-state index contributed by atoms with van der Waals surface area (Å²) in [6.45, 7) is 0. The Morgan fingerprint density at radius 1 is 1.21 bits per heavy atom. The molecule has 0 aliphatic rings.